The maximum absolute atomic E-state index is 12.4. The van der Waals surface area contributed by atoms with E-state index in [9.17, 15) is 4.79 Å². The average molecular weight is 395 g/mol. The zero-order valence-corrected chi connectivity index (χ0v) is 17.4. The van der Waals surface area contributed by atoms with E-state index in [0.29, 0.717) is 12.5 Å². The summed E-state index contributed by atoms with van der Waals surface area (Å²) in [4.78, 5) is 17.0. The predicted molar refractivity (Wildman–Crippen MR) is 115 cm³/mol. The number of carbonyl (C=O) groups is 1. The van der Waals surface area contributed by atoms with E-state index < -0.39 is 0 Å². The molecule has 1 atom stereocenters. The SMILES string of the molecule is CCCCC(C(=O)OC)c1ccc(-c2ccc(OC)cc2)c(C2=NCCCO2)c1. The van der Waals surface area contributed by atoms with Crippen molar-refractivity contribution in [1.82, 2.24) is 0 Å². The molecular formula is C24H29NO4. The van der Waals surface area contributed by atoms with Gasteiger partial charge in [0.15, 0.2) is 0 Å². The molecule has 0 aromatic heterocycles. The fourth-order valence-electron chi connectivity index (χ4n) is 3.57. The van der Waals surface area contributed by atoms with Gasteiger partial charge in [-0.2, -0.15) is 0 Å². The van der Waals surface area contributed by atoms with Gasteiger partial charge in [0, 0.05) is 18.5 Å². The summed E-state index contributed by atoms with van der Waals surface area (Å²) in [7, 11) is 3.10. The molecule has 0 spiro atoms. The molecule has 0 saturated heterocycles. The molecule has 0 radical (unpaired) electrons. The molecule has 0 aliphatic carbocycles. The number of nitrogens with zero attached hydrogens (tertiary/aromatic N) is 1. The molecule has 29 heavy (non-hydrogen) atoms. The van der Waals surface area contributed by atoms with E-state index in [4.69, 9.17) is 14.2 Å². The minimum Gasteiger partial charge on any atom is -0.497 e. The lowest BCUT2D eigenvalue weighted by Gasteiger charge is -2.20. The molecule has 154 valence electrons. The quantitative estimate of drug-likeness (QED) is 0.592. The first kappa shape index (κ1) is 20.9. The summed E-state index contributed by atoms with van der Waals surface area (Å²) in [5, 5.41) is 0. The highest BCUT2D eigenvalue weighted by Gasteiger charge is 2.24. The van der Waals surface area contributed by atoms with Crippen molar-refractivity contribution in [1.29, 1.82) is 0 Å². The van der Waals surface area contributed by atoms with E-state index in [1.807, 2.05) is 36.4 Å². The van der Waals surface area contributed by atoms with Crippen molar-refractivity contribution < 1.29 is 19.0 Å². The van der Waals surface area contributed by atoms with Crippen LogP contribution in [0.2, 0.25) is 0 Å². The van der Waals surface area contributed by atoms with Crippen molar-refractivity contribution in [3.05, 3.63) is 53.6 Å². The number of hydrogen-bond donors (Lipinski definition) is 0. The summed E-state index contributed by atoms with van der Waals surface area (Å²) < 4.78 is 16.2. The Morgan fingerprint density at radius 1 is 1.14 bits per heavy atom. The van der Waals surface area contributed by atoms with E-state index in [2.05, 4.69) is 18.0 Å². The van der Waals surface area contributed by atoms with Gasteiger partial charge in [-0.25, -0.2) is 0 Å². The Morgan fingerprint density at radius 3 is 2.55 bits per heavy atom. The summed E-state index contributed by atoms with van der Waals surface area (Å²) in [5.74, 6) is 0.965. The van der Waals surface area contributed by atoms with E-state index in [1.54, 1.807) is 7.11 Å². The van der Waals surface area contributed by atoms with Gasteiger partial charge in [-0.15, -0.1) is 0 Å². The van der Waals surface area contributed by atoms with Gasteiger partial charge in [-0.05, 0) is 41.3 Å². The van der Waals surface area contributed by atoms with Gasteiger partial charge in [0.05, 0.1) is 26.7 Å². The van der Waals surface area contributed by atoms with Crippen molar-refractivity contribution in [2.45, 2.75) is 38.5 Å². The highest BCUT2D eigenvalue weighted by molar-refractivity contribution is 6.01. The van der Waals surface area contributed by atoms with Crippen LogP contribution in [0.1, 0.15) is 49.7 Å². The molecule has 1 aliphatic rings. The van der Waals surface area contributed by atoms with Crippen LogP contribution in [0.25, 0.3) is 11.1 Å². The number of aliphatic imine (C=N–C) groups is 1. The molecule has 0 amide bonds. The summed E-state index contributed by atoms with van der Waals surface area (Å²) >= 11 is 0. The molecule has 1 unspecified atom stereocenters. The lowest BCUT2D eigenvalue weighted by atomic mass is 9.89. The van der Waals surface area contributed by atoms with E-state index >= 15 is 0 Å². The zero-order chi connectivity index (χ0) is 20.6. The number of carbonyl (C=O) groups excluding carboxylic acids is 1. The van der Waals surface area contributed by atoms with Gasteiger partial charge in [0.25, 0.3) is 0 Å². The van der Waals surface area contributed by atoms with Crippen LogP contribution in [0.5, 0.6) is 5.75 Å². The molecule has 5 nitrogen and oxygen atoms in total. The Kier molecular flexibility index (Phi) is 7.28. The fraction of sp³-hybridized carbons (Fsp3) is 0.417. The minimum atomic E-state index is -0.284. The molecule has 5 heteroatoms. The largest absolute Gasteiger partial charge is 0.497 e. The first-order chi connectivity index (χ1) is 14.2. The van der Waals surface area contributed by atoms with E-state index in [0.717, 1.165) is 60.2 Å². The van der Waals surface area contributed by atoms with Crippen LogP contribution in [0, 0.1) is 0 Å². The molecule has 2 aromatic rings. The lowest BCUT2D eigenvalue weighted by Crippen LogP contribution is -2.18. The molecule has 1 heterocycles. The van der Waals surface area contributed by atoms with Gasteiger partial charge in [0.2, 0.25) is 5.90 Å². The minimum absolute atomic E-state index is 0.201. The fourth-order valence-corrected chi connectivity index (χ4v) is 3.57. The maximum atomic E-state index is 12.4. The Hall–Kier alpha value is -2.82. The van der Waals surface area contributed by atoms with Gasteiger partial charge in [0.1, 0.15) is 5.75 Å². The van der Waals surface area contributed by atoms with Crippen molar-refractivity contribution in [2.24, 2.45) is 4.99 Å². The van der Waals surface area contributed by atoms with Crippen LogP contribution < -0.4 is 4.74 Å². The molecule has 2 aromatic carbocycles. The Labute approximate surface area is 172 Å². The molecule has 1 aliphatic heterocycles. The molecular weight excluding hydrogens is 366 g/mol. The number of hydrogen-bond acceptors (Lipinski definition) is 5. The normalized spacial score (nSPS) is 14.5. The van der Waals surface area contributed by atoms with Crippen molar-refractivity contribution in [3.8, 4) is 16.9 Å². The molecule has 0 saturated carbocycles. The van der Waals surface area contributed by atoms with Gasteiger partial charge < -0.3 is 14.2 Å². The number of ether oxygens (including phenoxy) is 3. The van der Waals surface area contributed by atoms with Crippen LogP contribution >= 0.6 is 0 Å². The van der Waals surface area contributed by atoms with Crippen molar-refractivity contribution in [3.63, 3.8) is 0 Å². The zero-order valence-electron chi connectivity index (χ0n) is 17.4. The summed E-state index contributed by atoms with van der Waals surface area (Å²) in [6, 6.07) is 14.0. The van der Waals surface area contributed by atoms with Crippen LogP contribution in [0.3, 0.4) is 0 Å². The topological polar surface area (TPSA) is 57.1 Å². The van der Waals surface area contributed by atoms with Crippen LogP contribution in [-0.2, 0) is 14.3 Å². The standard InChI is InChI=1S/C24H29NO4/c1-4-5-7-21(24(26)28-3)18-10-13-20(17-8-11-19(27-2)12-9-17)22(16-18)23-25-14-6-15-29-23/h8-13,16,21H,4-7,14-15H2,1-3H3. The van der Waals surface area contributed by atoms with Crippen LogP contribution in [-0.4, -0.2) is 39.2 Å². The molecule has 0 fully saturated rings. The second-order valence-corrected chi connectivity index (χ2v) is 7.14. The smallest absolute Gasteiger partial charge is 0.313 e. The first-order valence-corrected chi connectivity index (χ1v) is 10.2. The van der Waals surface area contributed by atoms with Crippen LogP contribution in [0.15, 0.2) is 47.5 Å². The third-order valence-electron chi connectivity index (χ3n) is 5.21. The van der Waals surface area contributed by atoms with Gasteiger partial charge >= 0.3 is 5.97 Å². The number of unbranched alkanes of at least 4 members (excludes halogenated alkanes) is 1. The van der Waals surface area contributed by atoms with Gasteiger partial charge in [-0.1, -0.05) is 44.0 Å². The maximum Gasteiger partial charge on any atom is 0.313 e. The molecule has 0 N–H and O–H groups in total. The predicted octanol–water partition coefficient (Wildman–Crippen LogP) is 4.98. The number of methoxy groups -OCH3 is 2. The summed E-state index contributed by atoms with van der Waals surface area (Å²) in [6.45, 7) is 3.52. The van der Waals surface area contributed by atoms with E-state index in [1.165, 1.54) is 7.11 Å². The summed E-state index contributed by atoms with van der Waals surface area (Å²) in [6.07, 6.45) is 3.67. The lowest BCUT2D eigenvalue weighted by molar-refractivity contribution is -0.142. The average Bonchev–Trinajstić information content (AvgIpc) is 2.79. The Balaban J connectivity index is 2.06. The summed E-state index contributed by atoms with van der Waals surface area (Å²) in [5.41, 5.74) is 3.93. The Morgan fingerprint density at radius 2 is 1.93 bits per heavy atom. The van der Waals surface area contributed by atoms with Crippen molar-refractivity contribution in [2.75, 3.05) is 27.4 Å². The molecule has 3 rings (SSSR count). The van der Waals surface area contributed by atoms with Crippen molar-refractivity contribution >= 4 is 11.9 Å². The number of benzene rings is 2. The highest BCUT2D eigenvalue weighted by atomic mass is 16.5. The molecule has 0 bridgehead atoms. The second kappa shape index (κ2) is 10.1. The third-order valence-corrected chi connectivity index (χ3v) is 5.21. The highest BCUT2D eigenvalue weighted by Crippen LogP contribution is 2.32. The monoisotopic (exact) mass is 395 g/mol. The third kappa shape index (κ3) is 4.97. The number of rotatable bonds is 8. The Bertz CT molecular complexity index is 858. The van der Waals surface area contributed by atoms with Gasteiger partial charge in [-0.3, -0.25) is 9.79 Å². The second-order valence-electron chi connectivity index (χ2n) is 7.14. The first-order valence-electron chi connectivity index (χ1n) is 10.2. The van der Waals surface area contributed by atoms with E-state index in [-0.39, 0.29) is 11.9 Å². The number of esters is 1. The van der Waals surface area contributed by atoms with Crippen LogP contribution in [0.4, 0.5) is 0 Å².